The molecule has 1 heterocycles. The van der Waals surface area contributed by atoms with Crippen LogP contribution >= 0.6 is 0 Å². The Morgan fingerprint density at radius 2 is 1.93 bits per heavy atom. The maximum Gasteiger partial charge on any atom is 0.410 e. The van der Waals surface area contributed by atoms with Crippen LogP contribution in [0.3, 0.4) is 0 Å². The zero-order valence-electron chi connectivity index (χ0n) is 9.58. The average Bonchev–Trinajstić information content (AvgIpc) is 2.66. The highest BCUT2D eigenvalue weighted by atomic mass is 16.6. The fourth-order valence-electron chi connectivity index (χ4n) is 2.50. The Morgan fingerprint density at radius 3 is 2.53 bits per heavy atom. The second kappa shape index (κ2) is 4.86. The molecule has 2 aliphatic rings. The van der Waals surface area contributed by atoms with Crippen LogP contribution in [0.1, 0.15) is 45.4 Å². The molecule has 3 nitrogen and oxygen atoms in total. The fourth-order valence-corrected chi connectivity index (χ4v) is 2.50. The van der Waals surface area contributed by atoms with Crippen LogP contribution in [0.15, 0.2) is 0 Å². The van der Waals surface area contributed by atoms with Gasteiger partial charge in [0.2, 0.25) is 0 Å². The predicted molar refractivity (Wildman–Crippen MR) is 58.7 cm³/mol. The number of nitrogens with zero attached hydrogens (tertiary/aromatic N) is 1. The number of hydrogen-bond acceptors (Lipinski definition) is 2. The minimum atomic E-state index is -0.0775. The van der Waals surface area contributed by atoms with Gasteiger partial charge in [-0.1, -0.05) is 13.3 Å². The highest BCUT2D eigenvalue weighted by Crippen LogP contribution is 2.22. The summed E-state index contributed by atoms with van der Waals surface area (Å²) in [6.45, 7) is 3.95. The Balaban J connectivity index is 1.76. The van der Waals surface area contributed by atoms with Crippen LogP contribution in [0.25, 0.3) is 0 Å². The third-order valence-electron chi connectivity index (χ3n) is 3.50. The summed E-state index contributed by atoms with van der Waals surface area (Å²) >= 11 is 0. The first-order valence-corrected chi connectivity index (χ1v) is 6.21. The van der Waals surface area contributed by atoms with Crippen LogP contribution in [0, 0.1) is 5.92 Å². The van der Waals surface area contributed by atoms with Crippen molar-refractivity contribution in [2.45, 2.75) is 51.6 Å². The van der Waals surface area contributed by atoms with E-state index >= 15 is 0 Å². The van der Waals surface area contributed by atoms with Gasteiger partial charge in [0.05, 0.1) is 0 Å². The molecule has 1 atom stereocenters. The van der Waals surface area contributed by atoms with Crippen molar-refractivity contribution in [1.82, 2.24) is 4.90 Å². The number of amides is 1. The van der Waals surface area contributed by atoms with Crippen molar-refractivity contribution >= 4 is 6.09 Å². The van der Waals surface area contributed by atoms with E-state index in [9.17, 15) is 4.79 Å². The maximum absolute atomic E-state index is 11.8. The van der Waals surface area contributed by atoms with Crippen molar-refractivity contribution in [3.63, 3.8) is 0 Å². The Kier molecular flexibility index (Phi) is 3.49. The summed E-state index contributed by atoms with van der Waals surface area (Å²) in [4.78, 5) is 13.6. The Labute approximate surface area is 91.8 Å². The lowest BCUT2D eigenvalue weighted by Crippen LogP contribution is -2.33. The summed E-state index contributed by atoms with van der Waals surface area (Å²) in [7, 11) is 0. The van der Waals surface area contributed by atoms with E-state index in [1.54, 1.807) is 0 Å². The maximum atomic E-state index is 11.8. The smallest absolute Gasteiger partial charge is 0.410 e. The van der Waals surface area contributed by atoms with E-state index in [0.717, 1.165) is 32.4 Å². The largest absolute Gasteiger partial charge is 0.446 e. The first-order valence-electron chi connectivity index (χ1n) is 6.21. The van der Waals surface area contributed by atoms with Crippen LogP contribution in [0.4, 0.5) is 4.79 Å². The number of rotatable bonds is 1. The number of likely N-dealkylation sites (tertiary alicyclic amines) is 1. The molecular weight excluding hydrogens is 190 g/mol. The normalized spacial score (nSPS) is 28.1. The standard InChI is InChI=1S/C12H21NO2/c1-10-7-8-13(9-10)12(14)15-11-5-3-2-4-6-11/h10-11H,2-9H2,1H3. The molecule has 86 valence electrons. The van der Waals surface area contributed by atoms with Gasteiger partial charge in [-0.05, 0) is 38.0 Å². The van der Waals surface area contributed by atoms with Gasteiger partial charge in [-0.15, -0.1) is 0 Å². The van der Waals surface area contributed by atoms with Crippen molar-refractivity contribution in [3.8, 4) is 0 Å². The van der Waals surface area contributed by atoms with E-state index < -0.39 is 0 Å². The molecule has 0 aromatic rings. The minimum absolute atomic E-state index is 0.0775. The lowest BCUT2D eigenvalue weighted by atomic mass is 9.98. The van der Waals surface area contributed by atoms with Gasteiger partial charge in [-0.2, -0.15) is 0 Å². The summed E-state index contributed by atoms with van der Waals surface area (Å²) in [5.41, 5.74) is 0. The molecule has 2 fully saturated rings. The average molecular weight is 211 g/mol. The van der Waals surface area contributed by atoms with Crippen LogP contribution in [-0.4, -0.2) is 30.2 Å². The molecule has 0 radical (unpaired) electrons. The van der Waals surface area contributed by atoms with E-state index in [1.807, 2.05) is 4.90 Å². The fraction of sp³-hybridized carbons (Fsp3) is 0.917. The van der Waals surface area contributed by atoms with Gasteiger partial charge in [0, 0.05) is 13.1 Å². The molecule has 0 bridgehead atoms. The van der Waals surface area contributed by atoms with Crippen LogP contribution < -0.4 is 0 Å². The van der Waals surface area contributed by atoms with Gasteiger partial charge in [0.1, 0.15) is 6.10 Å². The molecule has 0 N–H and O–H groups in total. The highest BCUT2D eigenvalue weighted by molar-refractivity contribution is 5.68. The van der Waals surface area contributed by atoms with E-state index in [1.165, 1.54) is 19.3 Å². The molecule has 0 aromatic heterocycles. The first-order chi connectivity index (χ1) is 7.25. The molecule has 1 aliphatic carbocycles. The molecule has 1 amide bonds. The van der Waals surface area contributed by atoms with E-state index in [-0.39, 0.29) is 12.2 Å². The molecule has 0 aromatic carbocycles. The zero-order chi connectivity index (χ0) is 10.7. The predicted octanol–water partition coefficient (Wildman–Crippen LogP) is 2.80. The minimum Gasteiger partial charge on any atom is -0.446 e. The molecule has 3 heteroatoms. The molecule has 1 aliphatic heterocycles. The van der Waals surface area contributed by atoms with Gasteiger partial charge < -0.3 is 9.64 Å². The third kappa shape index (κ3) is 2.86. The number of hydrogen-bond donors (Lipinski definition) is 0. The van der Waals surface area contributed by atoms with Gasteiger partial charge in [0.25, 0.3) is 0 Å². The summed E-state index contributed by atoms with van der Waals surface area (Å²) in [5, 5.41) is 0. The van der Waals surface area contributed by atoms with Gasteiger partial charge in [-0.3, -0.25) is 0 Å². The van der Waals surface area contributed by atoms with E-state index in [4.69, 9.17) is 4.74 Å². The zero-order valence-corrected chi connectivity index (χ0v) is 9.58. The number of carbonyl (C=O) groups excluding carboxylic acids is 1. The van der Waals surface area contributed by atoms with E-state index in [2.05, 4.69) is 6.92 Å². The van der Waals surface area contributed by atoms with Crippen molar-refractivity contribution in [1.29, 1.82) is 0 Å². The Bertz CT molecular complexity index is 224. The molecule has 0 spiro atoms. The number of carbonyl (C=O) groups is 1. The topological polar surface area (TPSA) is 29.5 Å². The van der Waals surface area contributed by atoms with E-state index in [0.29, 0.717) is 5.92 Å². The van der Waals surface area contributed by atoms with Gasteiger partial charge in [0.15, 0.2) is 0 Å². The molecular formula is C12H21NO2. The number of ether oxygens (including phenoxy) is 1. The third-order valence-corrected chi connectivity index (χ3v) is 3.50. The second-order valence-electron chi connectivity index (χ2n) is 4.98. The quantitative estimate of drug-likeness (QED) is 0.667. The molecule has 2 rings (SSSR count). The van der Waals surface area contributed by atoms with Crippen molar-refractivity contribution in [2.75, 3.05) is 13.1 Å². The molecule has 1 saturated heterocycles. The summed E-state index contributed by atoms with van der Waals surface area (Å²) in [6.07, 6.45) is 7.11. The SMILES string of the molecule is CC1CCN(C(=O)OC2CCCCC2)C1. The molecule has 1 saturated carbocycles. The monoisotopic (exact) mass is 211 g/mol. The van der Waals surface area contributed by atoms with Crippen LogP contribution in [0.5, 0.6) is 0 Å². The van der Waals surface area contributed by atoms with Crippen LogP contribution in [-0.2, 0) is 4.74 Å². The Hall–Kier alpha value is -0.730. The highest BCUT2D eigenvalue weighted by Gasteiger charge is 2.26. The van der Waals surface area contributed by atoms with Gasteiger partial charge >= 0.3 is 6.09 Å². The second-order valence-corrected chi connectivity index (χ2v) is 4.98. The molecule has 15 heavy (non-hydrogen) atoms. The summed E-state index contributed by atoms with van der Waals surface area (Å²) < 4.78 is 5.51. The van der Waals surface area contributed by atoms with Crippen molar-refractivity contribution < 1.29 is 9.53 Å². The van der Waals surface area contributed by atoms with Crippen molar-refractivity contribution in [2.24, 2.45) is 5.92 Å². The lowest BCUT2D eigenvalue weighted by Gasteiger charge is -2.24. The molecule has 1 unspecified atom stereocenters. The van der Waals surface area contributed by atoms with Crippen molar-refractivity contribution in [3.05, 3.63) is 0 Å². The van der Waals surface area contributed by atoms with Gasteiger partial charge in [-0.25, -0.2) is 4.79 Å². The Morgan fingerprint density at radius 1 is 1.20 bits per heavy atom. The van der Waals surface area contributed by atoms with Crippen LogP contribution in [0.2, 0.25) is 0 Å². The first kappa shape index (κ1) is 10.8. The lowest BCUT2D eigenvalue weighted by molar-refractivity contribution is 0.0502. The summed E-state index contributed by atoms with van der Waals surface area (Å²) in [6, 6.07) is 0. The summed E-state index contributed by atoms with van der Waals surface area (Å²) in [5.74, 6) is 0.643.